The van der Waals surface area contributed by atoms with Crippen LogP contribution in [0.1, 0.15) is 107 Å². The van der Waals surface area contributed by atoms with E-state index in [0.717, 1.165) is 12.2 Å². The Morgan fingerprint density at radius 2 is 1.25 bits per heavy atom. The standard InChI is InChI=1S/C24H38O4/c1-2-3-4-5-6-7-8-9-10-11-12-13-20-28-22-16-14-21(15-17-22)23(25)18-19-24(26)27/h14-17H,2-13,18-20H2,1H3,(H,26,27). The molecule has 0 unspecified atom stereocenters. The van der Waals surface area contributed by atoms with Crippen molar-refractivity contribution < 1.29 is 19.4 Å². The van der Waals surface area contributed by atoms with Crippen LogP contribution in [0.3, 0.4) is 0 Å². The van der Waals surface area contributed by atoms with Crippen LogP contribution in [0, 0.1) is 0 Å². The van der Waals surface area contributed by atoms with E-state index in [4.69, 9.17) is 9.84 Å². The van der Waals surface area contributed by atoms with Gasteiger partial charge in [0, 0.05) is 12.0 Å². The molecule has 0 fully saturated rings. The molecule has 0 saturated heterocycles. The van der Waals surface area contributed by atoms with Gasteiger partial charge in [0.2, 0.25) is 0 Å². The van der Waals surface area contributed by atoms with E-state index in [2.05, 4.69) is 6.92 Å². The first kappa shape index (κ1) is 24.2. The second-order valence-corrected chi connectivity index (χ2v) is 7.58. The van der Waals surface area contributed by atoms with Gasteiger partial charge in [-0.25, -0.2) is 0 Å². The van der Waals surface area contributed by atoms with E-state index in [1.165, 1.54) is 70.6 Å². The summed E-state index contributed by atoms with van der Waals surface area (Å²) in [6, 6.07) is 6.99. The third-order valence-electron chi connectivity index (χ3n) is 5.01. The van der Waals surface area contributed by atoms with Gasteiger partial charge in [0.15, 0.2) is 5.78 Å². The van der Waals surface area contributed by atoms with Crippen molar-refractivity contribution in [1.82, 2.24) is 0 Å². The largest absolute Gasteiger partial charge is 0.494 e. The molecule has 0 heterocycles. The molecular formula is C24H38O4. The minimum atomic E-state index is -0.948. The lowest BCUT2D eigenvalue weighted by molar-refractivity contribution is -0.136. The second-order valence-electron chi connectivity index (χ2n) is 7.58. The predicted octanol–water partition coefficient (Wildman–Crippen LogP) is 6.81. The maximum Gasteiger partial charge on any atom is 0.303 e. The Labute approximate surface area is 170 Å². The van der Waals surface area contributed by atoms with Crippen LogP contribution < -0.4 is 4.74 Å². The van der Waals surface area contributed by atoms with E-state index < -0.39 is 5.97 Å². The SMILES string of the molecule is CCCCCCCCCCCCCCOc1ccc(C(=O)CCC(=O)O)cc1. The molecule has 0 aliphatic rings. The molecule has 0 atom stereocenters. The number of hydrogen-bond donors (Lipinski definition) is 1. The van der Waals surface area contributed by atoms with E-state index in [1.807, 2.05) is 0 Å². The van der Waals surface area contributed by atoms with Crippen molar-refractivity contribution in [2.24, 2.45) is 0 Å². The Morgan fingerprint density at radius 1 is 0.750 bits per heavy atom. The van der Waals surface area contributed by atoms with Crippen LogP contribution >= 0.6 is 0 Å². The minimum absolute atomic E-state index is 0.0361. The van der Waals surface area contributed by atoms with Crippen molar-refractivity contribution in [2.45, 2.75) is 96.8 Å². The lowest BCUT2D eigenvalue weighted by Crippen LogP contribution is -2.04. The maximum atomic E-state index is 11.8. The highest BCUT2D eigenvalue weighted by molar-refractivity contribution is 5.97. The van der Waals surface area contributed by atoms with Crippen LogP contribution in [-0.2, 0) is 4.79 Å². The third-order valence-corrected chi connectivity index (χ3v) is 5.01. The summed E-state index contributed by atoms with van der Waals surface area (Å²) < 4.78 is 5.73. The fourth-order valence-corrected chi connectivity index (χ4v) is 3.23. The molecule has 1 rings (SSSR count). The van der Waals surface area contributed by atoms with Gasteiger partial charge >= 0.3 is 5.97 Å². The topological polar surface area (TPSA) is 63.6 Å². The first-order chi connectivity index (χ1) is 13.6. The highest BCUT2D eigenvalue weighted by atomic mass is 16.5. The smallest absolute Gasteiger partial charge is 0.303 e. The van der Waals surface area contributed by atoms with Crippen molar-refractivity contribution >= 4 is 11.8 Å². The Bertz CT molecular complexity index is 536. The molecule has 0 amide bonds. The summed E-state index contributed by atoms with van der Waals surface area (Å²) in [5, 5.41) is 8.63. The molecule has 4 nitrogen and oxygen atoms in total. The molecule has 0 aromatic heterocycles. The summed E-state index contributed by atoms with van der Waals surface area (Å²) in [6.45, 7) is 2.96. The fraction of sp³-hybridized carbons (Fsp3) is 0.667. The van der Waals surface area contributed by atoms with Crippen LogP contribution in [-0.4, -0.2) is 23.5 Å². The van der Waals surface area contributed by atoms with Gasteiger partial charge in [0.1, 0.15) is 5.75 Å². The molecule has 1 aromatic carbocycles. The molecule has 1 aromatic rings. The van der Waals surface area contributed by atoms with Crippen LogP contribution in [0.15, 0.2) is 24.3 Å². The summed E-state index contributed by atoms with van der Waals surface area (Å²) in [4.78, 5) is 22.4. The highest BCUT2D eigenvalue weighted by Crippen LogP contribution is 2.15. The van der Waals surface area contributed by atoms with E-state index in [9.17, 15) is 9.59 Å². The number of unbranched alkanes of at least 4 members (excludes halogenated alkanes) is 11. The molecular weight excluding hydrogens is 352 g/mol. The van der Waals surface area contributed by atoms with Gasteiger partial charge in [-0.3, -0.25) is 9.59 Å². The van der Waals surface area contributed by atoms with Crippen molar-refractivity contribution in [3.63, 3.8) is 0 Å². The molecule has 28 heavy (non-hydrogen) atoms. The van der Waals surface area contributed by atoms with Gasteiger partial charge in [-0.2, -0.15) is 0 Å². The van der Waals surface area contributed by atoms with Crippen molar-refractivity contribution in [2.75, 3.05) is 6.61 Å². The molecule has 0 radical (unpaired) electrons. The zero-order chi connectivity index (χ0) is 20.5. The Kier molecular flexibility index (Phi) is 14.0. The van der Waals surface area contributed by atoms with E-state index in [0.29, 0.717) is 12.2 Å². The summed E-state index contributed by atoms with van der Waals surface area (Å²) in [6.07, 6.45) is 15.8. The lowest BCUT2D eigenvalue weighted by Gasteiger charge is -2.07. The summed E-state index contributed by atoms with van der Waals surface area (Å²) in [7, 11) is 0. The Morgan fingerprint density at radius 3 is 1.75 bits per heavy atom. The molecule has 0 spiro atoms. The monoisotopic (exact) mass is 390 g/mol. The number of carboxylic acid groups (broad SMARTS) is 1. The normalized spacial score (nSPS) is 10.8. The number of carbonyl (C=O) groups excluding carboxylic acids is 1. The third kappa shape index (κ3) is 12.5. The molecule has 4 heteroatoms. The van der Waals surface area contributed by atoms with Crippen LogP contribution in [0.5, 0.6) is 5.75 Å². The summed E-state index contributed by atoms with van der Waals surface area (Å²) in [5.41, 5.74) is 0.541. The number of rotatable bonds is 18. The number of carboxylic acids is 1. The zero-order valence-electron chi connectivity index (χ0n) is 17.6. The van der Waals surface area contributed by atoms with Gasteiger partial charge < -0.3 is 9.84 Å². The van der Waals surface area contributed by atoms with Crippen LogP contribution in [0.2, 0.25) is 0 Å². The average Bonchev–Trinajstić information content (AvgIpc) is 2.70. The molecule has 158 valence electrons. The highest BCUT2D eigenvalue weighted by Gasteiger charge is 2.08. The van der Waals surface area contributed by atoms with E-state index >= 15 is 0 Å². The molecule has 0 bridgehead atoms. The van der Waals surface area contributed by atoms with Crippen molar-refractivity contribution in [1.29, 1.82) is 0 Å². The number of Topliss-reactive ketones (excluding diaryl/α,β-unsaturated/α-hetero) is 1. The number of hydrogen-bond acceptors (Lipinski definition) is 3. The van der Waals surface area contributed by atoms with E-state index in [1.54, 1.807) is 24.3 Å². The molecule has 1 N–H and O–H groups in total. The summed E-state index contributed by atoms with van der Waals surface area (Å²) >= 11 is 0. The van der Waals surface area contributed by atoms with Gasteiger partial charge in [-0.15, -0.1) is 0 Å². The number of aliphatic carboxylic acids is 1. The van der Waals surface area contributed by atoms with Crippen molar-refractivity contribution in [3.05, 3.63) is 29.8 Å². The average molecular weight is 391 g/mol. The summed E-state index contributed by atoms with van der Waals surface area (Å²) in [5.74, 6) is -0.330. The Hall–Kier alpha value is -1.84. The quantitative estimate of drug-likeness (QED) is 0.221. The molecule has 0 aliphatic carbocycles. The van der Waals surface area contributed by atoms with Crippen LogP contribution in [0.25, 0.3) is 0 Å². The predicted molar refractivity (Wildman–Crippen MR) is 114 cm³/mol. The number of benzene rings is 1. The zero-order valence-corrected chi connectivity index (χ0v) is 17.6. The minimum Gasteiger partial charge on any atom is -0.494 e. The molecule has 0 saturated carbocycles. The lowest BCUT2D eigenvalue weighted by atomic mass is 10.1. The number of carbonyl (C=O) groups is 2. The van der Waals surface area contributed by atoms with Crippen LogP contribution in [0.4, 0.5) is 0 Å². The first-order valence-electron chi connectivity index (χ1n) is 11.1. The Balaban J connectivity index is 1.99. The van der Waals surface area contributed by atoms with Gasteiger partial charge in [0.25, 0.3) is 0 Å². The van der Waals surface area contributed by atoms with Crippen molar-refractivity contribution in [3.8, 4) is 5.75 Å². The van der Waals surface area contributed by atoms with Gasteiger partial charge in [-0.1, -0.05) is 77.6 Å². The first-order valence-corrected chi connectivity index (χ1v) is 11.1. The molecule has 0 aliphatic heterocycles. The van der Waals surface area contributed by atoms with Gasteiger partial charge in [-0.05, 0) is 30.7 Å². The van der Waals surface area contributed by atoms with E-state index in [-0.39, 0.29) is 18.6 Å². The maximum absolute atomic E-state index is 11.8. The number of ether oxygens (including phenoxy) is 1. The second kappa shape index (κ2) is 16.1. The number of ketones is 1. The fourth-order valence-electron chi connectivity index (χ4n) is 3.23. The van der Waals surface area contributed by atoms with Gasteiger partial charge in [0.05, 0.1) is 13.0 Å².